The van der Waals surface area contributed by atoms with Crippen molar-refractivity contribution in [1.29, 1.82) is 0 Å². The highest BCUT2D eigenvalue weighted by atomic mass is 15.2. The Kier molecular flexibility index (Phi) is 2.29. The molecule has 1 aromatic carbocycles. The minimum atomic E-state index is 0.653. The van der Waals surface area contributed by atoms with Crippen molar-refractivity contribution in [3.63, 3.8) is 0 Å². The Morgan fingerprint density at radius 1 is 1.50 bits per heavy atom. The van der Waals surface area contributed by atoms with E-state index in [9.17, 15) is 0 Å². The average molecular weight is 216 g/mol. The molecule has 1 unspecified atom stereocenters. The quantitative estimate of drug-likeness (QED) is 0.796. The predicted octanol–water partition coefficient (Wildman–Crippen LogP) is 1.35. The van der Waals surface area contributed by atoms with E-state index in [2.05, 4.69) is 33.3 Å². The number of nitrogens with two attached hydrogens (primary N) is 1. The SMILES string of the molecule is NCC1CCN(c2ccc3[nH]ncc3c2)C1. The van der Waals surface area contributed by atoms with E-state index in [4.69, 9.17) is 5.73 Å². The lowest BCUT2D eigenvalue weighted by atomic mass is 10.1. The Hall–Kier alpha value is -1.55. The fourth-order valence-electron chi connectivity index (χ4n) is 2.39. The maximum atomic E-state index is 5.71. The molecule has 3 rings (SSSR count). The van der Waals surface area contributed by atoms with Crippen LogP contribution in [0.2, 0.25) is 0 Å². The molecule has 1 atom stereocenters. The lowest BCUT2D eigenvalue weighted by Gasteiger charge is -2.18. The molecule has 2 heterocycles. The van der Waals surface area contributed by atoms with Crippen molar-refractivity contribution in [3.8, 4) is 0 Å². The zero-order valence-corrected chi connectivity index (χ0v) is 9.19. The van der Waals surface area contributed by atoms with Crippen molar-refractivity contribution in [1.82, 2.24) is 10.2 Å². The van der Waals surface area contributed by atoms with E-state index in [-0.39, 0.29) is 0 Å². The third-order valence-corrected chi connectivity index (χ3v) is 3.41. The summed E-state index contributed by atoms with van der Waals surface area (Å²) in [6, 6.07) is 6.44. The summed E-state index contributed by atoms with van der Waals surface area (Å²) < 4.78 is 0. The van der Waals surface area contributed by atoms with Crippen LogP contribution in [0.4, 0.5) is 5.69 Å². The molecule has 84 valence electrons. The van der Waals surface area contributed by atoms with Crippen molar-refractivity contribution >= 4 is 16.6 Å². The molecule has 1 aliphatic heterocycles. The summed E-state index contributed by atoms with van der Waals surface area (Å²) in [5.74, 6) is 0.653. The van der Waals surface area contributed by atoms with Crippen molar-refractivity contribution in [2.75, 3.05) is 24.5 Å². The van der Waals surface area contributed by atoms with E-state index >= 15 is 0 Å². The molecule has 0 radical (unpaired) electrons. The standard InChI is InChI=1S/C12H16N4/c13-6-9-3-4-16(8-9)11-1-2-12-10(5-11)7-14-15-12/h1-2,5,7,9H,3-4,6,8,13H2,(H,14,15). The molecule has 16 heavy (non-hydrogen) atoms. The van der Waals surface area contributed by atoms with Crippen LogP contribution in [0.15, 0.2) is 24.4 Å². The number of nitrogens with one attached hydrogen (secondary N) is 1. The number of aromatic nitrogens is 2. The van der Waals surface area contributed by atoms with Crippen molar-refractivity contribution in [2.45, 2.75) is 6.42 Å². The Balaban J connectivity index is 1.88. The van der Waals surface area contributed by atoms with Gasteiger partial charge in [-0.3, -0.25) is 5.10 Å². The molecule has 2 aromatic rings. The second-order valence-corrected chi connectivity index (χ2v) is 4.48. The lowest BCUT2D eigenvalue weighted by molar-refractivity contribution is 0.603. The van der Waals surface area contributed by atoms with E-state index in [1.165, 1.54) is 17.5 Å². The summed E-state index contributed by atoms with van der Waals surface area (Å²) in [6.45, 7) is 3.00. The number of aromatic amines is 1. The Labute approximate surface area is 94.4 Å². The predicted molar refractivity (Wildman–Crippen MR) is 65.5 cm³/mol. The molecule has 1 saturated heterocycles. The topological polar surface area (TPSA) is 57.9 Å². The van der Waals surface area contributed by atoms with Gasteiger partial charge in [-0.15, -0.1) is 0 Å². The van der Waals surface area contributed by atoms with Crippen molar-refractivity contribution < 1.29 is 0 Å². The van der Waals surface area contributed by atoms with Crippen molar-refractivity contribution in [2.24, 2.45) is 11.7 Å². The van der Waals surface area contributed by atoms with Crippen LogP contribution in [-0.2, 0) is 0 Å². The summed E-state index contributed by atoms with van der Waals surface area (Å²) in [5.41, 5.74) is 8.08. The molecular formula is C12H16N4. The van der Waals surface area contributed by atoms with Gasteiger partial charge in [0, 0.05) is 24.2 Å². The summed E-state index contributed by atoms with van der Waals surface area (Å²) >= 11 is 0. The molecule has 0 amide bonds. The first-order chi connectivity index (χ1) is 7.86. The number of benzene rings is 1. The third-order valence-electron chi connectivity index (χ3n) is 3.41. The third kappa shape index (κ3) is 1.55. The first-order valence-electron chi connectivity index (χ1n) is 5.75. The Morgan fingerprint density at radius 3 is 3.25 bits per heavy atom. The first kappa shape index (κ1) is 9.66. The Morgan fingerprint density at radius 2 is 2.44 bits per heavy atom. The number of nitrogens with zero attached hydrogens (tertiary/aromatic N) is 2. The molecule has 4 nitrogen and oxygen atoms in total. The van der Waals surface area contributed by atoms with E-state index in [1.54, 1.807) is 0 Å². The number of anilines is 1. The van der Waals surface area contributed by atoms with Gasteiger partial charge in [0.1, 0.15) is 0 Å². The molecule has 0 bridgehead atoms. The molecule has 0 aliphatic carbocycles. The highest BCUT2D eigenvalue weighted by Gasteiger charge is 2.21. The molecule has 1 aromatic heterocycles. The molecule has 3 N–H and O–H groups in total. The zero-order valence-electron chi connectivity index (χ0n) is 9.19. The van der Waals surface area contributed by atoms with Gasteiger partial charge in [-0.1, -0.05) is 0 Å². The fraction of sp³-hybridized carbons (Fsp3) is 0.417. The normalized spacial score (nSPS) is 20.8. The van der Waals surface area contributed by atoms with Crippen LogP contribution in [0.3, 0.4) is 0 Å². The van der Waals surface area contributed by atoms with Crippen LogP contribution in [0.25, 0.3) is 10.9 Å². The van der Waals surface area contributed by atoms with Gasteiger partial charge in [0.2, 0.25) is 0 Å². The van der Waals surface area contributed by atoms with Crippen LogP contribution in [0.1, 0.15) is 6.42 Å². The van der Waals surface area contributed by atoms with Gasteiger partial charge in [0.05, 0.1) is 11.7 Å². The van der Waals surface area contributed by atoms with E-state index in [0.717, 1.165) is 25.2 Å². The van der Waals surface area contributed by atoms with Crippen LogP contribution in [0.5, 0.6) is 0 Å². The molecule has 0 saturated carbocycles. The van der Waals surface area contributed by atoms with Gasteiger partial charge >= 0.3 is 0 Å². The minimum absolute atomic E-state index is 0.653. The lowest BCUT2D eigenvalue weighted by Crippen LogP contribution is -2.22. The summed E-state index contributed by atoms with van der Waals surface area (Å²) in [5, 5.41) is 8.18. The number of fused-ring (bicyclic) bond motifs is 1. The number of rotatable bonds is 2. The smallest absolute Gasteiger partial charge is 0.0651 e. The summed E-state index contributed by atoms with van der Waals surface area (Å²) in [6.07, 6.45) is 3.08. The highest BCUT2D eigenvalue weighted by Crippen LogP contribution is 2.25. The number of hydrogen-bond acceptors (Lipinski definition) is 3. The van der Waals surface area contributed by atoms with Crippen molar-refractivity contribution in [3.05, 3.63) is 24.4 Å². The second-order valence-electron chi connectivity index (χ2n) is 4.48. The van der Waals surface area contributed by atoms with Gasteiger partial charge in [-0.2, -0.15) is 5.10 Å². The molecular weight excluding hydrogens is 200 g/mol. The van der Waals surface area contributed by atoms with Crippen LogP contribution < -0.4 is 10.6 Å². The monoisotopic (exact) mass is 216 g/mol. The van der Waals surface area contributed by atoms with E-state index in [0.29, 0.717) is 5.92 Å². The maximum Gasteiger partial charge on any atom is 0.0651 e. The van der Waals surface area contributed by atoms with E-state index < -0.39 is 0 Å². The Bertz CT molecular complexity index is 490. The molecule has 4 heteroatoms. The molecule has 1 aliphatic rings. The van der Waals surface area contributed by atoms with E-state index in [1.807, 2.05) is 6.20 Å². The average Bonchev–Trinajstić information content (AvgIpc) is 2.96. The molecule has 0 spiro atoms. The summed E-state index contributed by atoms with van der Waals surface area (Å²) in [4.78, 5) is 2.41. The van der Waals surface area contributed by atoms with Gasteiger partial charge in [-0.25, -0.2) is 0 Å². The van der Waals surface area contributed by atoms with Crippen LogP contribution >= 0.6 is 0 Å². The van der Waals surface area contributed by atoms with Gasteiger partial charge in [-0.05, 0) is 37.1 Å². The van der Waals surface area contributed by atoms with Gasteiger partial charge < -0.3 is 10.6 Å². The molecule has 1 fully saturated rings. The highest BCUT2D eigenvalue weighted by molar-refractivity contribution is 5.82. The fourth-order valence-corrected chi connectivity index (χ4v) is 2.39. The number of hydrogen-bond donors (Lipinski definition) is 2. The van der Waals surface area contributed by atoms with Gasteiger partial charge in [0.25, 0.3) is 0 Å². The largest absolute Gasteiger partial charge is 0.371 e. The van der Waals surface area contributed by atoms with Gasteiger partial charge in [0.15, 0.2) is 0 Å². The second kappa shape index (κ2) is 3.79. The number of H-pyrrole nitrogens is 1. The maximum absolute atomic E-state index is 5.71. The van der Waals surface area contributed by atoms with Crippen LogP contribution in [-0.4, -0.2) is 29.8 Å². The van der Waals surface area contributed by atoms with Crippen LogP contribution in [0, 0.1) is 5.92 Å². The minimum Gasteiger partial charge on any atom is -0.371 e. The first-order valence-corrected chi connectivity index (χ1v) is 5.75. The summed E-state index contributed by atoms with van der Waals surface area (Å²) in [7, 11) is 0. The zero-order chi connectivity index (χ0) is 11.0.